The molecule has 2 aromatic heterocycles. The highest BCUT2D eigenvalue weighted by molar-refractivity contribution is 7.99. The Balaban J connectivity index is 1.50. The Labute approximate surface area is 174 Å². The molecule has 0 unspecified atom stereocenters. The zero-order valence-electron chi connectivity index (χ0n) is 16.8. The van der Waals surface area contributed by atoms with E-state index in [0.29, 0.717) is 29.3 Å². The Kier molecular flexibility index (Phi) is 5.55. The number of amides is 1. The van der Waals surface area contributed by atoms with Gasteiger partial charge in [0.05, 0.1) is 23.3 Å². The van der Waals surface area contributed by atoms with Crippen molar-refractivity contribution in [2.45, 2.75) is 63.8 Å². The van der Waals surface area contributed by atoms with E-state index in [9.17, 15) is 4.79 Å². The minimum Gasteiger partial charge on any atom is -0.383 e. The molecule has 4 heterocycles. The summed E-state index contributed by atoms with van der Waals surface area (Å²) in [5.41, 5.74) is 7.41. The maximum absolute atomic E-state index is 12.5. The number of fused-ring (bicyclic) bond motifs is 3. The first-order valence-corrected chi connectivity index (χ1v) is 11.8. The molecule has 0 saturated carbocycles. The Hall–Kier alpha value is -1.38. The van der Waals surface area contributed by atoms with Gasteiger partial charge in [0, 0.05) is 24.4 Å². The Morgan fingerprint density at radius 3 is 2.86 bits per heavy atom. The topological polar surface area (TPSA) is 81.3 Å². The van der Waals surface area contributed by atoms with Crippen LogP contribution < -0.4 is 5.73 Å². The van der Waals surface area contributed by atoms with Gasteiger partial charge in [0.15, 0.2) is 5.16 Å². The van der Waals surface area contributed by atoms with Crippen LogP contribution in [0.2, 0.25) is 0 Å². The van der Waals surface area contributed by atoms with E-state index in [1.165, 1.54) is 22.2 Å². The van der Waals surface area contributed by atoms with Crippen molar-refractivity contribution in [1.29, 1.82) is 0 Å². The molecule has 1 amide bonds. The highest BCUT2D eigenvalue weighted by Gasteiger charge is 2.33. The number of likely N-dealkylation sites (tertiary alicyclic amines) is 1. The van der Waals surface area contributed by atoms with E-state index in [1.807, 2.05) is 4.90 Å². The molecule has 0 bridgehead atoms. The predicted molar refractivity (Wildman–Crippen MR) is 115 cm³/mol. The van der Waals surface area contributed by atoms with Crippen LogP contribution in [0.15, 0.2) is 5.16 Å². The van der Waals surface area contributed by atoms with Crippen LogP contribution in [0.5, 0.6) is 0 Å². The Morgan fingerprint density at radius 2 is 2.14 bits per heavy atom. The van der Waals surface area contributed by atoms with Crippen LogP contribution in [0.25, 0.3) is 10.2 Å². The number of thioether (sulfide) groups is 1. The standard InChI is InChI=1S/C20H28N4O2S2/c1-4-20(3)9-13-14(10-26-20)28-18-16(13)17(21)22-19(23-18)27-11-15(25)24-7-5-12(2)6-8-24/h12H,4-11H2,1-3H3,(H2,21,22,23)/t20-/m0/s1. The highest BCUT2D eigenvalue weighted by Crippen LogP contribution is 2.41. The smallest absolute Gasteiger partial charge is 0.233 e. The third kappa shape index (κ3) is 3.86. The first-order valence-electron chi connectivity index (χ1n) is 10.0. The van der Waals surface area contributed by atoms with Crippen LogP contribution in [0.4, 0.5) is 5.82 Å². The van der Waals surface area contributed by atoms with E-state index in [0.717, 1.165) is 49.0 Å². The van der Waals surface area contributed by atoms with Gasteiger partial charge < -0.3 is 15.4 Å². The third-order valence-corrected chi connectivity index (χ3v) is 7.98. The van der Waals surface area contributed by atoms with Crippen molar-refractivity contribution in [2.24, 2.45) is 5.92 Å². The van der Waals surface area contributed by atoms with Crippen molar-refractivity contribution in [3.63, 3.8) is 0 Å². The number of nitrogens with zero attached hydrogens (tertiary/aromatic N) is 3. The average Bonchev–Trinajstić information content (AvgIpc) is 3.04. The summed E-state index contributed by atoms with van der Waals surface area (Å²) in [5, 5.41) is 1.56. The van der Waals surface area contributed by atoms with Gasteiger partial charge in [-0.2, -0.15) is 0 Å². The van der Waals surface area contributed by atoms with Crippen LogP contribution in [-0.2, 0) is 22.6 Å². The van der Waals surface area contributed by atoms with E-state index >= 15 is 0 Å². The van der Waals surface area contributed by atoms with Crippen LogP contribution >= 0.6 is 23.1 Å². The summed E-state index contributed by atoms with van der Waals surface area (Å²) in [6, 6.07) is 0. The number of anilines is 1. The molecule has 1 atom stereocenters. The Morgan fingerprint density at radius 1 is 1.39 bits per heavy atom. The summed E-state index contributed by atoms with van der Waals surface area (Å²) in [4.78, 5) is 25.8. The summed E-state index contributed by atoms with van der Waals surface area (Å²) < 4.78 is 6.06. The van der Waals surface area contributed by atoms with Gasteiger partial charge in [-0.25, -0.2) is 9.97 Å². The minimum absolute atomic E-state index is 0.154. The van der Waals surface area contributed by atoms with Gasteiger partial charge in [0.2, 0.25) is 5.91 Å². The molecule has 0 aliphatic carbocycles. The fourth-order valence-corrected chi connectivity index (χ4v) is 5.77. The molecule has 28 heavy (non-hydrogen) atoms. The molecule has 1 saturated heterocycles. The van der Waals surface area contributed by atoms with E-state index in [1.54, 1.807) is 11.3 Å². The van der Waals surface area contributed by atoms with E-state index in [-0.39, 0.29) is 11.5 Å². The van der Waals surface area contributed by atoms with Crippen LogP contribution in [0, 0.1) is 5.92 Å². The van der Waals surface area contributed by atoms with Crippen molar-refractivity contribution in [3.05, 3.63) is 10.4 Å². The minimum atomic E-state index is -0.154. The van der Waals surface area contributed by atoms with Crippen molar-refractivity contribution < 1.29 is 9.53 Å². The Bertz CT molecular complexity index is 892. The van der Waals surface area contributed by atoms with Gasteiger partial charge in [-0.1, -0.05) is 25.6 Å². The predicted octanol–water partition coefficient (Wildman–Crippen LogP) is 3.87. The van der Waals surface area contributed by atoms with E-state index < -0.39 is 0 Å². The summed E-state index contributed by atoms with van der Waals surface area (Å²) >= 11 is 3.02. The lowest BCUT2D eigenvalue weighted by atomic mass is 9.90. The van der Waals surface area contributed by atoms with Crippen molar-refractivity contribution >= 4 is 45.0 Å². The number of carbonyl (C=O) groups is 1. The summed E-state index contributed by atoms with van der Waals surface area (Å²) in [6.07, 6.45) is 3.97. The van der Waals surface area contributed by atoms with Gasteiger partial charge in [-0.05, 0) is 37.7 Å². The quantitative estimate of drug-likeness (QED) is 0.597. The van der Waals surface area contributed by atoms with Gasteiger partial charge >= 0.3 is 0 Å². The first-order chi connectivity index (χ1) is 13.4. The second kappa shape index (κ2) is 7.80. The molecular weight excluding hydrogens is 392 g/mol. The second-order valence-corrected chi connectivity index (χ2v) is 10.2. The monoisotopic (exact) mass is 420 g/mol. The number of thiophene rings is 1. The third-order valence-electron chi connectivity index (χ3n) is 6.05. The lowest BCUT2D eigenvalue weighted by molar-refractivity contribution is -0.129. The van der Waals surface area contributed by atoms with Crippen LogP contribution in [0.1, 0.15) is 50.5 Å². The number of aromatic nitrogens is 2. The molecule has 2 aliphatic rings. The molecule has 152 valence electrons. The van der Waals surface area contributed by atoms with Gasteiger partial charge in [-0.3, -0.25) is 4.79 Å². The zero-order chi connectivity index (χ0) is 19.9. The van der Waals surface area contributed by atoms with E-state index in [2.05, 4.69) is 25.8 Å². The molecule has 8 heteroatoms. The fraction of sp³-hybridized carbons (Fsp3) is 0.650. The number of hydrogen-bond acceptors (Lipinski definition) is 7. The highest BCUT2D eigenvalue weighted by atomic mass is 32.2. The molecule has 2 aromatic rings. The van der Waals surface area contributed by atoms with Gasteiger partial charge in [-0.15, -0.1) is 11.3 Å². The molecule has 0 radical (unpaired) electrons. The first kappa shape index (κ1) is 19.9. The fourth-order valence-electron chi connectivity index (χ4n) is 3.85. The summed E-state index contributed by atoms with van der Waals surface area (Å²) in [7, 11) is 0. The molecule has 0 spiro atoms. The average molecular weight is 421 g/mol. The van der Waals surface area contributed by atoms with E-state index in [4.69, 9.17) is 15.5 Å². The number of rotatable bonds is 4. The molecule has 0 aromatic carbocycles. The van der Waals surface area contributed by atoms with Gasteiger partial charge in [0.25, 0.3) is 0 Å². The molecule has 4 rings (SSSR count). The number of ether oxygens (including phenoxy) is 1. The second-order valence-electron chi connectivity index (χ2n) is 8.20. The summed E-state index contributed by atoms with van der Waals surface area (Å²) in [6.45, 7) is 8.86. The normalized spacial score (nSPS) is 23.2. The number of nitrogen functional groups attached to an aromatic ring is 1. The van der Waals surface area contributed by atoms with Crippen LogP contribution in [-0.4, -0.2) is 45.2 Å². The lowest BCUT2D eigenvalue weighted by Gasteiger charge is -2.33. The van der Waals surface area contributed by atoms with Gasteiger partial charge in [0.1, 0.15) is 10.6 Å². The molecule has 2 aliphatic heterocycles. The number of hydrogen-bond donors (Lipinski definition) is 1. The zero-order valence-corrected chi connectivity index (χ0v) is 18.4. The molecule has 1 fully saturated rings. The largest absolute Gasteiger partial charge is 0.383 e. The molecule has 2 N–H and O–H groups in total. The maximum Gasteiger partial charge on any atom is 0.233 e. The molecule has 6 nitrogen and oxygen atoms in total. The van der Waals surface area contributed by atoms with Crippen LogP contribution in [0.3, 0.4) is 0 Å². The number of carbonyl (C=O) groups excluding carboxylic acids is 1. The van der Waals surface area contributed by atoms with Crippen molar-refractivity contribution in [2.75, 3.05) is 24.6 Å². The van der Waals surface area contributed by atoms with Crippen molar-refractivity contribution in [3.8, 4) is 0 Å². The maximum atomic E-state index is 12.5. The van der Waals surface area contributed by atoms with Crippen molar-refractivity contribution in [1.82, 2.24) is 14.9 Å². The number of piperidine rings is 1. The summed E-state index contributed by atoms with van der Waals surface area (Å²) in [5.74, 6) is 1.76. The number of nitrogens with two attached hydrogens (primary N) is 1. The lowest BCUT2D eigenvalue weighted by Crippen LogP contribution is -2.38. The molecular formula is C20H28N4O2S2. The SMILES string of the molecule is CC[C@@]1(C)Cc2c(sc3nc(SCC(=O)N4CCC(C)CC4)nc(N)c23)CO1.